The van der Waals surface area contributed by atoms with Crippen LogP contribution in [-0.2, 0) is 0 Å². The van der Waals surface area contributed by atoms with Crippen LogP contribution in [0.15, 0.2) is 15.0 Å². The Morgan fingerprint density at radius 3 is 2.50 bits per heavy atom. The van der Waals surface area contributed by atoms with Gasteiger partial charge in [-0.1, -0.05) is 15.9 Å². The molecule has 0 N–H and O–H groups in total. The first-order chi connectivity index (χ1) is 5.57. The number of benzene rings is 1. The quantitative estimate of drug-likeness (QED) is 0.725. The Morgan fingerprint density at radius 2 is 2.00 bits per heavy atom. The molecule has 1 nitrogen and oxygen atoms in total. The smallest absolute Gasteiger partial charge is 0.154 e. The summed E-state index contributed by atoms with van der Waals surface area (Å²) < 4.78 is 14.3. The van der Waals surface area contributed by atoms with Gasteiger partial charge in [0, 0.05) is 8.95 Å². The van der Waals surface area contributed by atoms with Gasteiger partial charge >= 0.3 is 0 Å². The van der Waals surface area contributed by atoms with Crippen LogP contribution < -0.4 is 0 Å². The second-order valence-electron chi connectivity index (χ2n) is 2.31. The van der Waals surface area contributed by atoms with Crippen LogP contribution in [0.4, 0.5) is 4.39 Å². The topological polar surface area (TPSA) is 17.1 Å². The molecule has 0 unspecified atom stereocenters. The maximum absolute atomic E-state index is 13.2. The van der Waals surface area contributed by atoms with Crippen molar-refractivity contribution in [1.29, 1.82) is 0 Å². The van der Waals surface area contributed by atoms with E-state index in [0.29, 0.717) is 20.8 Å². The molecule has 1 aromatic carbocycles. The van der Waals surface area contributed by atoms with Crippen molar-refractivity contribution < 1.29 is 9.18 Å². The fraction of sp³-hybridized carbons (Fsp3) is 0.125. The molecule has 0 bridgehead atoms. The molecule has 64 valence electrons. The predicted octanol–water partition coefficient (Wildman–Crippen LogP) is 3.47. The van der Waals surface area contributed by atoms with E-state index in [2.05, 4.69) is 31.9 Å². The van der Waals surface area contributed by atoms with E-state index in [4.69, 9.17) is 0 Å². The molecular formula is C8H5Br2FO. The first-order valence-electron chi connectivity index (χ1n) is 3.17. The fourth-order valence-electron chi connectivity index (χ4n) is 0.817. The molecule has 0 fully saturated rings. The lowest BCUT2D eigenvalue weighted by atomic mass is 10.1. The molecule has 4 heteroatoms. The van der Waals surface area contributed by atoms with E-state index in [0.717, 1.165) is 0 Å². The van der Waals surface area contributed by atoms with E-state index in [1.807, 2.05) is 0 Å². The van der Waals surface area contributed by atoms with Gasteiger partial charge in [-0.3, -0.25) is 4.79 Å². The minimum Gasteiger partial charge on any atom is -0.298 e. The second-order valence-corrected chi connectivity index (χ2v) is 4.02. The molecule has 0 spiro atoms. The van der Waals surface area contributed by atoms with Gasteiger partial charge in [-0.05, 0) is 34.5 Å². The molecule has 0 atom stereocenters. The van der Waals surface area contributed by atoms with Gasteiger partial charge in [0.05, 0.1) is 5.56 Å². The molecule has 1 rings (SSSR count). The lowest BCUT2D eigenvalue weighted by Crippen LogP contribution is -1.94. The van der Waals surface area contributed by atoms with Crippen molar-refractivity contribution in [2.45, 2.75) is 6.92 Å². The summed E-state index contributed by atoms with van der Waals surface area (Å²) in [5.74, 6) is -0.480. The van der Waals surface area contributed by atoms with E-state index < -0.39 is 5.82 Å². The molecule has 0 saturated heterocycles. The number of halogens is 3. The highest BCUT2D eigenvalue weighted by molar-refractivity contribution is 9.11. The third-order valence-corrected chi connectivity index (χ3v) is 3.03. The van der Waals surface area contributed by atoms with Crippen LogP contribution in [0.25, 0.3) is 0 Å². The van der Waals surface area contributed by atoms with Crippen molar-refractivity contribution in [3.05, 3.63) is 32.0 Å². The summed E-state index contributed by atoms with van der Waals surface area (Å²) in [5.41, 5.74) is 0.510. The normalized spacial score (nSPS) is 10.0. The summed E-state index contributed by atoms with van der Waals surface area (Å²) in [5, 5.41) is 0. The minimum absolute atomic E-state index is 0.0655. The third kappa shape index (κ3) is 1.59. The van der Waals surface area contributed by atoms with Crippen LogP contribution in [0, 0.1) is 12.7 Å². The lowest BCUT2D eigenvalue weighted by molar-refractivity contribution is 0.111. The molecule has 1 aromatic rings. The number of carbonyl (C=O) groups is 1. The Bertz CT molecular complexity index is 336. The van der Waals surface area contributed by atoms with E-state index in [1.165, 1.54) is 0 Å². The van der Waals surface area contributed by atoms with Crippen molar-refractivity contribution in [3.8, 4) is 0 Å². The monoisotopic (exact) mass is 294 g/mol. The highest BCUT2D eigenvalue weighted by Gasteiger charge is 2.11. The Morgan fingerprint density at radius 1 is 1.42 bits per heavy atom. The van der Waals surface area contributed by atoms with Crippen molar-refractivity contribution in [1.82, 2.24) is 0 Å². The molecule has 0 saturated carbocycles. The molecule has 0 aliphatic heterocycles. The van der Waals surface area contributed by atoms with Gasteiger partial charge in [-0.15, -0.1) is 0 Å². The predicted molar refractivity (Wildman–Crippen MR) is 51.9 cm³/mol. The number of hydrogen-bond donors (Lipinski definition) is 0. The first-order valence-corrected chi connectivity index (χ1v) is 4.75. The van der Waals surface area contributed by atoms with Gasteiger partial charge in [-0.2, -0.15) is 0 Å². The van der Waals surface area contributed by atoms with Crippen LogP contribution >= 0.6 is 31.9 Å². The van der Waals surface area contributed by atoms with Crippen LogP contribution in [0.1, 0.15) is 15.9 Å². The van der Waals surface area contributed by atoms with Crippen molar-refractivity contribution in [2.75, 3.05) is 0 Å². The highest BCUT2D eigenvalue weighted by atomic mass is 79.9. The Kier molecular flexibility index (Phi) is 3.01. The zero-order valence-corrected chi connectivity index (χ0v) is 9.37. The summed E-state index contributed by atoms with van der Waals surface area (Å²) in [7, 11) is 0. The summed E-state index contributed by atoms with van der Waals surface area (Å²) in [6.45, 7) is 1.61. The Hall–Kier alpha value is -0.220. The van der Waals surface area contributed by atoms with Gasteiger partial charge in [-0.25, -0.2) is 4.39 Å². The standard InChI is InChI=1S/C8H5Br2FO/c1-4-6(9)2-7(10)5(3-12)8(4)11/h2-3H,1H3. The molecule has 0 aromatic heterocycles. The lowest BCUT2D eigenvalue weighted by Gasteiger charge is -2.04. The fourth-order valence-corrected chi connectivity index (χ4v) is 2.02. The zero-order valence-electron chi connectivity index (χ0n) is 6.20. The van der Waals surface area contributed by atoms with Crippen molar-refractivity contribution in [2.24, 2.45) is 0 Å². The summed E-state index contributed by atoms with van der Waals surface area (Å²) >= 11 is 6.27. The molecule has 0 heterocycles. The van der Waals surface area contributed by atoms with E-state index in [9.17, 15) is 9.18 Å². The summed E-state index contributed by atoms with van der Waals surface area (Å²) in [6, 6.07) is 1.65. The van der Waals surface area contributed by atoms with E-state index in [-0.39, 0.29) is 5.56 Å². The van der Waals surface area contributed by atoms with E-state index >= 15 is 0 Å². The molecule has 0 amide bonds. The Labute approximate surface area is 86.2 Å². The maximum atomic E-state index is 13.2. The average molecular weight is 296 g/mol. The third-order valence-electron chi connectivity index (χ3n) is 1.55. The van der Waals surface area contributed by atoms with Gasteiger partial charge in [0.1, 0.15) is 5.82 Å². The average Bonchev–Trinajstić information content (AvgIpc) is 2.01. The molecule has 0 aliphatic rings. The molecule has 12 heavy (non-hydrogen) atoms. The summed E-state index contributed by atoms with van der Waals surface area (Å²) in [6.07, 6.45) is 0.499. The van der Waals surface area contributed by atoms with Gasteiger partial charge in [0.15, 0.2) is 6.29 Å². The van der Waals surface area contributed by atoms with Gasteiger partial charge in [0.25, 0.3) is 0 Å². The molecule has 0 aliphatic carbocycles. The number of aldehydes is 1. The van der Waals surface area contributed by atoms with Crippen molar-refractivity contribution >= 4 is 38.1 Å². The van der Waals surface area contributed by atoms with Crippen LogP contribution in [0.5, 0.6) is 0 Å². The van der Waals surface area contributed by atoms with Crippen molar-refractivity contribution in [3.63, 3.8) is 0 Å². The largest absolute Gasteiger partial charge is 0.298 e. The van der Waals surface area contributed by atoms with Crippen LogP contribution in [-0.4, -0.2) is 6.29 Å². The SMILES string of the molecule is Cc1c(Br)cc(Br)c(C=O)c1F. The molecular weight excluding hydrogens is 291 g/mol. The first kappa shape index (κ1) is 9.86. The zero-order chi connectivity index (χ0) is 9.30. The second kappa shape index (κ2) is 3.66. The Balaban J connectivity index is 3.51. The number of rotatable bonds is 1. The molecule has 0 radical (unpaired) electrons. The maximum Gasteiger partial charge on any atom is 0.154 e. The highest BCUT2D eigenvalue weighted by Crippen LogP contribution is 2.27. The van der Waals surface area contributed by atoms with E-state index in [1.54, 1.807) is 13.0 Å². The van der Waals surface area contributed by atoms with Gasteiger partial charge in [0.2, 0.25) is 0 Å². The minimum atomic E-state index is -0.480. The van der Waals surface area contributed by atoms with Crippen LogP contribution in [0.3, 0.4) is 0 Å². The number of hydrogen-bond acceptors (Lipinski definition) is 1. The number of carbonyl (C=O) groups excluding carboxylic acids is 1. The summed E-state index contributed by atoms with van der Waals surface area (Å²) in [4.78, 5) is 10.4. The van der Waals surface area contributed by atoms with Crippen LogP contribution in [0.2, 0.25) is 0 Å². The van der Waals surface area contributed by atoms with Gasteiger partial charge < -0.3 is 0 Å².